The fourth-order valence-corrected chi connectivity index (χ4v) is 6.76. The third-order valence-electron chi connectivity index (χ3n) is 6.74. The number of carbonyl (C=O) groups is 1. The summed E-state index contributed by atoms with van der Waals surface area (Å²) in [5, 5.41) is 0. The van der Waals surface area contributed by atoms with Crippen molar-refractivity contribution in [2.24, 2.45) is 5.41 Å². The molecule has 0 saturated heterocycles. The number of rotatable bonds is 24. The highest BCUT2D eigenvalue weighted by atomic mass is 32.2. The highest BCUT2D eigenvalue weighted by Gasteiger charge is 2.29. The van der Waals surface area contributed by atoms with E-state index in [-0.39, 0.29) is 5.41 Å². The Morgan fingerprint density at radius 2 is 0.781 bits per heavy atom. The maximum atomic E-state index is 12.6. The molecule has 0 heterocycles. The minimum atomic E-state index is -0.166. The lowest BCUT2D eigenvalue weighted by Gasteiger charge is -2.17. The predicted molar refractivity (Wildman–Crippen MR) is 150 cm³/mol. The van der Waals surface area contributed by atoms with Gasteiger partial charge in [-0.25, -0.2) is 0 Å². The van der Waals surface area contributed by atoms with E-state index in [2.05, 4.69) is 34.6 Å². The third kappa shape index (κ3) is 21.8. The zero-order valence-electron chi connectivity index (χ0n) is 23.1. The van der Waals surface area contributed by atoms with E-state index in [1.807, 2.05) is 0 Å². The smallest absolute Gasteiger partial charge is 0.187 e. The molecule has 0 aliphatic carbocycles. The van der Waals surface area contributed by atoms with Crippen LogP contribution in [-0.4, -0.2) is 23.0 Å². The van der Waals surface area contributed by atoms with Crippen molar-refractivity contribution in [1.29, 1.82) is 0 Å². The van der Waals surface area contributed by atoms with Gasteiger partial charge in [0, 0.05) is 5.41 Å². The van der Waals surface area contributed by atoms with Crippen molar-refractivity contribution in [3.8, 4) is 0 Å². The molecule has 0 saturated carbocycles. The van der Waals surface area contributed by atoms with Crippen LogP contribution in [0.3, 0.4) is 0 Å². The molecular weight excluding hydrogens is 408 g/mol. The van der Waals surface area contributed by atoms with Gasteiger partial charge in [-0.05, 0) is 36.6 Å². The third-order valence-corrected chi connectivity index (χ3v) is 9.15. The fraction of sp³-hybridized carbons (Fsp3) is 0.967. The van der Waals surface area contributed by atoms with Crippen LogP contribution in [-0.2, 0) is 15.7 Å². The lowest BCUT2D eigenvalue weighted by atomic mass is 9.92. The van der Waals surface area contributed by atoms with Gasteiger partial charge in [-0.3, -0.25) is 4.79 Å². The van der Waals surface area contributed by atoms with E-state index < -0.39 is 0 Å². The van der Waals surface area contributed by atoms with Crippen molar-refractivity contribution in [3.63, 3.8) is 0 Å². The summed E-state index contributed by atoms with van der Waals surface area (Å²) in [6.45, 7) is 10.9. The van der Waals surface area contributed by atoms with Crippen molar-refractivity contribution in [2.75, 3.05) is 17.3 Å². The number of hydrogen-bond acceptors (Lipinski definition) is 1. The first-order chi connectivity index (χ1) is 15.4. The molecule has 0 aromatic heterocycles. The Morgan fingerprint density at radius 1 is 0.500 bits per heavy atom. The summed E-state index contributed by atoms with van der Waals surface area (Å²) in [7, 11) is 0.324. The van der Waals surface area contributed by atoms with E-state index in [1.165, 1.54) is 140 Å². The molecular formula is C30H61OS+. The minimum Gasteiger partial charge on any atom is -0.294 e. The Labute approximate surface area is 207 Å². The maximum absolute atomic E-state index is 12.6. The van der Waals surface area contributed by atoms with Crippen molar-refractivity contribution in [1.82, 2.24) is 0 Å². The second-order valence-corrected chi connectivity index (χ2v) is 13.5. The summed E-state index contributed by atoms with van der Waals surface area (Å²) in [5.41, 5.74) is -0.166. The number of carbonyl (C=O) groups excluding carboxylic acids is 1. The van der Waals surface area contributed by atoms with Gasteiger partial charge in [0.25, 0.3) is 0 Å². The van der Waals surface area contributed by atoms with Gasteiger partial charge in [0.2, 0.25) is 0 Å². The molecule has 1 nitrogen and oxygen atoms in total. The molecule has 0 aromatic carbocycles. The molecule has 0 atom stereocenters. The number of unbranched alkanes of at least 4 members (excludes halogenated alkanes) is 18. The molecule has 0 bridgehead atoms. The van der Waals surface area contributed by atoms with Crippen molar-refractivity contribution < 1.29 is 4.79 Å². The quantitative estimate of drug-likeness (QED) is 0.101. The number of hydrogen-bond donors (Lipinski definition) is 0. The predicted octanol–water partition coefficient (Wildman–Crippen LogP) is 10.1. The fourth-order valence-electron chi connectivity index (χ4n) is 4.24. The SMILES string of the molecule is CCCCCCCCCCCC[S+](CCCCCCCCCCCC)CC(=O)C(C)(C)C. The van der Waals surface area contributed by atoms with Crippen molar-refractivity contribution in [2.45, 2.75) is 163 Å². The van der Waals surface area contributed by atoms with Crippen LogP contribution in [0, 0.1) is 5.41 Å². The van der Waals surface area contributed by atoms with Gasteiger partial charge >= 0.3 is 0 Å². The van der Waals surface area contributed by atoms with Crippen LogP contribution >= 0.6 is 0 Å². The van der Waals surface area contributed by atoms with Crippen molar-refractivity contribution in [3.05, 3.63) is 0 Å². The zero-order valence-corrected chi connectivity index (χ0v) is 23.9. The van der Waals surface area contributed by atoms with Crippen LogP contribution in [0.15, 0.2) is 0 Å². The van der Waals surface area contributed by atoms with E-state index in [9.17, 15) is 4.79 Å². The Hall–Kier alpha value is 0.0200. The Balaban J connectivity index is 3.93. The molecule has 0 N–H and O–H groups in total. The standard InChI is InChI=1S/C30H61OS/c1-6-8-10-12-14-16-18-20-22-24-26-32(28-29(31)30(3,4)5)27-25-23-21-19-17-15-13-11-9-7-2/h6-28H2,1-5H3/q+1. The van der Waals surface area contributed by atoms with E-state index in [0.717, 1.165) is 5.75 Å². The van der Waals surface area contributed by atoms with Gasteiger partial charge in [0.15, 0.2) is 11.5 Å². The number of Topliss-reactive ketones (excluding diaryl/α,β-unsaturated/α-hetero) is 1. The molecule has 0 aliphatic rings. The Bertz CT molecular complexity index is 374. The molecule has 0 radical (unpaired) electrons. The first-order valence-corrected chi connectivity index (χ1v) is 16.3. The average Bonchev–Trinajstić information content (AvgIpc) is 2.75. The number of ketones is 1. The van der Waals surface area contributed by atoms with Gasteiger partial charge in [-0.15, -0.1) is 0 Å². The highest BCUT2D eigenvalue weighted by molar-refractivity contribution is 7.97. The first kappa shape index (κ1) is 32.0. The topological polar surface area (TPSA) is 17.1 Å². The molecule has 0 unspecified atom stereocenters. The van der Waals surface area contributed by atoms with Crippen LogP contribution in [0.5, 0.6) is 0 Å². The lowest BCUT2D eigenvalue weighted by molar-refractivity contribution is -0.123. The zero-order chi connectivity index (χ0) is 23.9. The summed E-state index contributed by atoms with van der Waals surface area (Å²) in [4.78, 5) is 12.6. The minimum absolute atomic E-state index is 0.166. The summed E-state index contributed by atoms with van der Waals surface area (Å²) in [6, 6.07) is 0. The van der Waals surface area contributed by atoms with Gasteiger partial charge in [0.05, 0.1) is 0 Å². The molecule has 0 aromatic rings. The summed E-state index contributed by atoms with van der Waals surface area (Å²) >= 11 is 0. The summed E-state index contributed by atoms with van der Waals surface area (Å²) in [6.07, 6.45) is 28.0. The normalized spacial score (nSPS) is 12.1. The van der Waals surface area contributed by atoms with Crippen molar-refractivity contribution >= 4 is 16.7 Å². The molecule has 0 rings (SSSR count). The van der Waals surface area contributed by atoms with Gasteiger partial charge in [-0.2, -0.15) is 0 Å². The molecule has 0 amide bonds. The monoisotopic (exact) mass is 469 g/mol. The molecule has 192 valence electrons. The van der Waals surface area contributed by atoms with Crippen LogP contribution in [0.25, 0.3) is 0 Å². The van der Waals surface area contributed by atoms with E-state index in [4.69, 9.17) is 0 Å². The Morgan fingerprint density at radius 3 is 1.06 bits per heavy atom. The summed E-state index contributed by atoms with van der Waals surface area (Å²) in [5.74, 6) is 3.93. The van der Waals surface area contributed by atoms with Crippen LogP contribution in [0.4, 0.5) is 0 Å². The first-order valence-electron chi connectivity index (χ1n) is 14.6. The van der Waals surface area contributed by atoms with Gasteiger partial charge in [-0.1, -0.05) is 137 Å². The molecule has 0 spiro atoms. The van der Waals surface area contributed by atoms with E-state index in [0.29, 0.717) is 16.7 Å². The second kappa shape index (κ2) is 22.8. The molecule has 2 heteroatoms. The van der Waals surface area contributed by atoms with Gasteiger partial charge < -0.3 is 0 Å². The van der Waals surface area contributed by atoms with Gasteiger partial charge in [0.1, 0.15) is 11.5 Å². The molecule has 0 fully saturated rings. The van der Waals surface area contributed by atoms with Crippen LogP contribution < -0.4 is 0 Å². The van der Waals surface area contributed by atoms with E-state index in [1.54, 1.807) is 0 Å². The van der Waals surface area contributed by atoms with Crippen LogP contribution in [0.2, 0.25) is 0 Å². The summed E-state index contributed by atoms with van der Waals surface area (Å²) < 4.78 is 0. The molecule has 0 aliphatic heterocycles. The molecule has 32 heavy (non-hydrogen) atoms. The lowest BCUT2D eigenvalue weighted by Crippen LogP contribution is -2.31. The van der Waals surface area contributed by atoms with E-state index >= 15 is 0 Å². The second-order valence-electron chi connectivity index (χ2n) is 11.2. The average molecular weight is 470 g/mol. The largest absolute Gasteiger partial charge is 0.294 e. The highest BCUT2D eigenvalue weighted by Crippen LogP contribution is 2.19. The Kier molecular flexibility index (Phi) is 22.8. The van der Waals surface area contributed by atoms with Crippen LogP contribution in [0.1, 0.15) is 163 Å². The maximum Gasteiger partial charge on any atom is 0.187 e.